The van der Waals surface area contributed by atoms with Crippen LogP contribution in [0, 0.1) is 20.2 Å². The summed E-state index contributed by atoms with van der Waals surface area (Å²) in [5, 5.41) is 21.4. The maximum absolute atomic E-state index is 12.1. The first-order valence-electron chi connectivity index (χ1n) is 7.78. The summed E-state index contributed by atoms with van der Waals surface area (Å²) in [5.74, 6) is -0.178. The largest absolute Gasteiger partial charge is 0.289 e. The first-order chi connectivity index (χ1) is 13.4. The highest BCUT2D eigenvalue weighted by atomic mass is 32.2. The highest BCUT2D eigenvalue weighted by Crippen LogP contribution is 2.31. The summed E-state index contributed by atoms with van der Waals surface area (Å²) in [6.07, 6.45) is 4.62. The molecule has 0 amide bonds. The standard InChI is InChI=1S/C18H11N3O5S2/c22-17-10-1-12(19-28-16-8-4-14(5-9-16)21(25)26)11-18(17)27-15-6-2-13(3-7-15)20(23)24/h1-11H. The van der Waals surface area contributed by atoms with Gasteiger partial charge in [0.25, 0.3) is 11.4 Å². The van der Waals surface area contributed by atoms with Gasteiger partial charge in [-0.3, -0.25) is 25.0 Å². The van der Waals surface area contributed by atoms with Crippen molar-refractivity contribution in [1.29, 1.82) is 0 Å². The predicted molar refractivity (Wildman–Crippen MR) is 108 cm³/mol. The predicted octanol–water partition coefficient (Wildman–Crippen LogP) is 4.77. The molecular weight excluding hydrogens is 402 g/mol. The molecule has 10 heteroatoms. The lowest BCUT2D eigenvalue weighted by molar-refractivity contribution is -0.385. The molecule has 1 aliphatic carbocycles. The van der Waals surface area contributed by atoms with Crippen LogP contribution in [0.5, 0.6) is 0 Å². The van der Waals surface area contributed by atoms with Gasteiger partial charge >= 0.3 is 0 Å². The summed E-state index contributed by atoms with van der Waals surface area (Å²) in [6.45, 7) is 0. The number of hydrogen-bond acceptors (Lipinski definition) is 8. The number of hydrogen-bond donors (Lipinski definition) is 0. The number of nitro groups is 2. The van der Waals surface area contributed by atoms with Gasteiger partial charge in [-0.1, -0.05) is 11.8 Å². The van der Waals surface area contributed by atoms with E-state index in [9.17, 15) is 25.0 Å². The smallest absolute Gasteiger partial charge is 0.269 e. The molecule has 0 saturated heterocycles. The van der Waals surface area contributed by atoms with Crippen LogP contribution in [-0.2, 0) is 4.79 Å². The highest BCUT2D eigenvalue weighted by molar-refractivity contribution is 8.04. The molecule has 0 aromatic heterocycles. The van der Waals surface area contributed by atoms with Gasteiger partial charge in [-0.25, -0.2) is 4.40 Å². The van der Waals surface area contributed by atoms with Crippen molar-refractivity contribution in [3.8, 4) is 0 Å². The van der Waals surface area contributed by atoms with E-state index < -0.39 is 9.85 Å². The van der Waals surface area contributed by atoms with Gasteiger partial charge < -0.3 is 0 Å². The van der Waals surface area contributed by atoms with Crippen LogP contribution in [0.15, 0.2) is 85.9 Å². The third-order valence-corrected chi connectivity index (χ3v) is 5.34. The number of benzene rings is 2. The lowest BCUT2D eigenvalue weighted by Gasteiger charge is -2.08. The second kappa shape index (κ2) is 8.63. The molecule has 2 aromatic carbocycles. The third-order valence-electron chi connectivity index (χ3n) is 3.51. The second-order valence-electron chi connectivity index (χ2n) is 5.42. The molecular formula is C18H11N3O5S2. The Kier molecular flexibility index (Phi) is 6.02. The molecule has 1 aliphatic rings. The van der Waals surface area contributed by atoms with Crippen molar-refractivity contribution in [2.75, 3.05) is 0 Å². The van der Waals surface area contributed by atoms with E-state index in [-0.39, 0.29) is 17.2 Å². The highest BCUT2D eigenvalue weighted by Gasteiger charge is 2.15. The van der Waals surface area contributed by atoms with Gasteiger partial charge in [0.05, 0.1) is 20.5 Å². The Balaban J connectivity index is 1.72. The van der Waals surface area contributed by atoms with E-state index in [0.29, 0.717) is 15.5 Å². The fourth-order valence-corrected chi connectivity index (χ4v) is 3.59. The number of nitrogens with zero attached hydrogens (tertiary/aromatic N) is 3. The average molecular weight is 413 g/mol. The van der Waals surface area contributed by atoms with Gasteiger partial charge in [-0.15, -0.1) is 0 Å². The summed E-state index contributed by atoms with van der Waals surface area (Å²) < 4.78 is 4.34. The minimum absolute atomic E-state index is 0.00171. The third kappa shape index (κ3) is 4.93. The van der Waals surface area contributed by atoms with Crippen molar-refractivity contribution in [2.45, 2.75) is 9.79 Å². The number of non-ortho nitro benzene ring substituents is 2. The van der Waals surface area contributed by atoms with Gasteiger partial charge in [0.2, 0.25) is 0 Å². The maximum Gasteiger partial charge on any atom is 0.269 e. The number of rotatable bonds is 6. The van der Waals surface area contributed by atoms with Crippen LogP contribution in [0.4, 0.5) is 11.4 Å². The molecule has 8 nitrogen and oxygen atoms in total. The van der Waals surface area contributed by atoms with Gasteiger partial charge in [0, 0.05) is 46.0 Å². The molecule has 0 spiro atoms. The van der Waals surface area contributed by atoms with Crippen LogP contribution in [0.3, 0.4) is 0 Å². The molecule has 0 radical (unpaired) electrons. The molecule has 0 atom stereocenters. The van der Waals surface area contributed by atoms with Crippen LogP contribution >= 0.6 is 23.7 Å². The van der Waals surface area contributed by atoms with E-state index in [0.717, 1.165) is 16.8 Å². The number of ketones is 1. The van der Waals surface area contributed by atoms with Crippen LogP contribution in [0.2, 0.25) is 0 Å². The molecule has 2 aromatic rings. The number of allylic oxidation sites excluding steroid dienone is 4. The van der Waals surface area contributed by atoms with Gasteiger partial charge in [-0.2, -0.15) is 0 Å². The minimum Gasteiger partial charge on any atom is -0.289 e. The quantitative estimate of drug-likeness (QED) is 0.290. The van der Waals surface area contributed by atoms with Crippen molar-refractivity contribution >= 4 is 46.6 Å². The van der Waals surface area contributed by atoms with Crippen LogP contribution in [0.1, 0.15) is 0 Å². The van der Waals surface area contributed by atoms with Gasteiger partial charge in [0.1, 0.15) is 0 Å². The average Bonchev–Trinajstić information content (AvgIpc) is 2.69. The lowest BCUT2D eigenvalue weighted by atomic mass is 10.2. The fourth-order valence-electron chi connectivity index (χ4n) is 2.13. The summed E-state index contributed by atoms with van der Waals surface area (Å²) >= 11 is 2.33. The minimum atomic E-state index is -0.484. The summed E-state index contributed by atoms with van der Waals surface area (Å²) in [6, 6.07) is 11.9. The van der Waals surface area contributed by atoms with Crippen LogP contribution in [0.25, 0.3) is 0 Å². The molecule has 0 aliphatic heterocycles. The van der Waals surface area contributed by atoms with E-state index in [4.69, 9.17) is 0 Å². The van der Waals surface area contributed by atoms with Gasteiger partial charge in [0.15, 0.2) is 5.78 Å². The van der Waals surface area contributed by atoms with E-state index in [1.807, 2.05) is 0 Å². The van der Waals surface area contributed by atoms with Crippen molar-refractivity contribution in [1.82, 2.24) is 0 Å². The molecule has 0 bridgehead atoms. The number of nitro benzene ring substituents is 2. The summed E-state index contributed by atoms with van der Waals surface area (Å²) in [5.41, 5.74) is 0.546. The zero-order valence-corrected chi connectivity index (χ0v) is 15.7. The van der Waals surface area contributed by atoms with Crippen molar-refractivity contribution in [3.63, 3.8) is 0 Å². The number of carbonyl (C=O) groups is 1. The molecule has 0 heterocycles. The molecule has 0 saturated carbocycles. The summed E-state index contributed by atoms with van der Waals surface area (Å²) in [7, 11) is 0. The normalized spacial score (nSPS) is 14.8. The van der Waals surface area contributed by atoms with E-state index >= 15 is 0 Å². The maximum atomic E-state index is 12.1. The zero-order chi connectivity index (χ0) is 20.1. The Morgan fingerprint density at radius 1 is 0.786 bits per heavy atom. The molecule has 0 N–H and O–H groups in total. The molecule has 140 valence electrons. The van der Waals surface area contributed by atoms with E-state index in [2.05, 4.69) is 4.40 Å². The Hall–Kier alpha value is -3.24. The topological polar surface area (TPSA) is 116 Å². The SMILES string of the molecule is O=C1C=CC(=NSc2ccc([N+](=O)[O-])cc2)C=C1Sc1ccc([N+](=O)[O-])cc1. The Morgan fingerprint density at radius 2 is 1.32 bits per heavy atom. The van der Waals surface area contributed by atoms with Crippen LogP contribution < -0.4 is 0 Å². The molecule has 0 unspecified atom stereocenters. The second-order valence-corrected chi connectivity index (χ2v) is 7.37. The monoisotopic (exact) mass is 413 g/mol. The van der Waals surface area contributed by atoms with E-state index in [1.54, 1.807) is 36.4 Å². The molecule has 28 heavy (non-hydrogen) atoms. The van der Waals surface area contributed by atoms with Crippen molar-refractivity contribution < 1.29 is 14.6 Å². The Bertz CT molecular complexity index is 1030. The molecule has 0 fully saturated rings. The number of carbonyl (C=O) groups excluding carboxylic acids is 1. The number of thioether (sulfide) groups is 1. The van der Waals surface area contributed by atoms with Crippen molar-refractivity contribution in [3.05, 3.63) is 91.9 Å². The fraction of sp³-hybridized carbons (Fsp3) is 0. The Labute approximate surface area is 167 Å². The van der Waals surface area contributed by atoms with Gasteiger partial charge in [-0.05, 0) is 42.5 Å². The van der Waals surface area contributed by atoms with Crippen molar-refractivity contribution in [2.24, 2.45) is 4.40 Å². The molecule has 3 rings (SSSR count). The first kappa shape index (κ1) is 19.5. The van der Waals surface area contributed by atoms with Crippen LogP contribution in [-0.4, -0.2) is 21.3 Å². The first-order valence-corrected chi connectivity index (χ1v) is 9.37. The Morgan fingerprint density at radius 3 is 1.86 bits per heavy atom. The van der Waals surface area contributed by atoms with E-state index in [1.165, 1.54) is 42.1 Å². The lowest BCUT2D eigenvalue weighted by Crippen LogP contribution is -2.05. The summed E-state index contributed by atoms with van der Waals surface area (Å²) in [4.78, 5) is 34.4. The zero-order valence-electron chi connectivity index (χ0n) is 14.1.